The zero-order chi connectivity index (χ0) is 17.6. The minimum absolute atomic E-state index is 0.0368. The Morgan fingerprint density at radius 1 is 1.12 bits per heavy atom. The fraction of sp³-hybridized carbons (Fsp3) is 0.300. The lowest BCUT2D eigenvalue weighted by Crippen LogP contribution is -2.27. The van der Waals surface area contributed by atoms with Crippen LogP contribution in [-0.4, -0.2) is 32.4 Å². The van der Waals surface area contributed by atoms with E-state index in [2.05, 4.69) is 10.3 Å². The molecule has 2 aromatic rings. The highest BCUT2D eigenvalue weighted by atomic mass is 16.5. The second kappa shape index (κ2) is 7.83. The average molecular weight is 338 g/mol. The summed E-state index contributed by atoms with van der Waals surface area (Å²) in [5, 5.41) is 2.95. The number of carbonyl (C=O) groups is 1. The molecule has 0 aliphatic carbocycles. The van der Waals surface area contributed by atoms with Gasteiger partial charge in [-0.25, -0.2) is 0 Å². The zero-order valence-corrected chi connectivity index (χ0v) is 14.5. The van der Waals surface area contributed by atoms with Crippen molar-refractivity contribution in [3.8, 4) is 11.5 Å². The second-order valence-electron chi connectivity index (χ2n) is 5.88. The third kappa shape index (κ3) is 3.99. The largest absolute Gasteiger partial charge is 0.493 e. The van der Waals surface area contributed by atoms with Crippen molar-refractivity contribution in [3.05, 3.63) is 59.2 Å². The van der Waals surface area contributed by atoms with Crippen molar-refractivity contribution in [2.45, 2.75) is 19.4 Å². The van der Waals surface area contributed by atoms with Gasteiger partial charge in [0, 0.05) is 18.7 Å². The molecule has 0 atom stereocenters. The number of hydrogen-bond donors (Lipinski definition) is 1. The maximum Gasteiger partial charge on any atom is 0.226 e. The Labute approximate surface area is 147 Å². The fourth-order valence-corrected chi connectivity index (χ4v) is 2.96. The van der Waals surface area contributed by atoms with Crippen LogP contribution in [0.15, 0.2) is 47.5 Å². The molecule has 0 fully saturated rings. The molecule has 0 aromatic heterocycles. The number of benzene rings is 2. The van der Waals surface area contributed by atoms with E-state index in [0.717, 1.165) is 28.8 Å². The number of carbonyl (C=O) groups excluding carboxylic acids is 1. The van der Waals surface area contributed by atoms with Gasteiger partial charge >= 0.3 is 0 Å². The third-order valence-corrected chi connectivity index (χ3v) is 4.26. The maximum atomic E-state index is 12.3. The van der Waals surface area contributed by atoms with E-state index >= 15 is 0 Å². The lowest BCUT2D eigenvalue weighted by Gasteiger charge is -2.19. The molecule has 1 aliphatic heterocycles. The molecule has 5 heteroatoms. The predicted octanol–water partition coefficient (Wildman–Crippen LogP) is 2.76. The van der Waals surface area contributed by atoms with Gasteiger partial charge in [0.1, 0.15) is 0 Å². The quantitative estimate of drug-likeness (QED) is 0.881. The highest BCUT2D eigenvalue weighted by molar-refractivity contribution is 6.12. The Morgan fingerprint density at radius 3 is 2.56 bits per heavy atom. The molecule has 130 valence electrons. The van der Waals surface area contributed by atoms with Gasteiger partial charge in [0.2, 0.25) is 5.91 Å². The van der Waals surface area contributed by atoms with Gasteiger partial charge in [0.25, 0.3) is 0 Å². The SMILES string of the molecule is COc1cc2c(cc1OC)C(CC(=O)NCc1ccccc1)=NCC2. The highest BCUT2D eigenvalue weighted by Gasteiger charge is 2.20. The highest BCUT2D eigenvalue weighted by Crippen LogP contribution is 2.32. The maximum absolute atomic E-state index is 12.3. The number of ether oxygens (including phenoxy) is 2. The van der Waals surface area contributed by atoms with Crippen molar-refractivity contribution < 1.29 is 14.3 Å². The number of fused-ring (bicyclic) bond motifs is 1. The van der Waals surface area contributed by atoms with E-state index in [1.807, 2.05) is 42.5 Å². The van der Waals surface area contributed by atoms with Crippen LogP contribution in [0.25, 0.3) is 0 Å². The Morgan fingerprint density at radius 2 is 1.84 bits per heavy atom. The van der Waals surface area contributed by atoms with Gasteiger partial charge in [-0.05, 0) is 29.7 Å². The van der Waals surface area contributed by atoms with Crippen molar-refractivity contribution in [3.63, 3.8) is 0 Å². The smallest absolute Gasteiger partial charge is 0.226 e. The van der Waals surface area contributed by atoms with E-state index in [1.54, 1.807) is 14.2 Å². The van der Waals surface area contributed by atoms with Crippen LogP contribution in [0.4, 0.5) is 0 Å². The monoisotopic (exact) mass is 338 g/mol. The summed E-state index contributed by atoms with van der Waals surface area (Å²) in [6, 6.07) is 13.8. The minimum atomic E-state index is -0.0368. The number of nitrogens with zero attached hydrogens (tertiary/aromatic N) is 1. The molecule has 1 amide bonds. The summed E-state index contributed by atoms with van der Waals surface area (Å²) in [5.74, 6) is 1.32. The molecule has 0 unspecified atom stereocenters. The summed E-state index contributed by atoms with van der Waals surface area (Å²) in [4.78, 5) is 16.9. The Kier molecular flexibility index (Phi) is 5.33. The molecule has 5 nitrogen and oxygen atoms in total. The first-order valence-electron chi connectivity index (χ1n) is 8.30. The van der Waals surface area contributed by atoms with Crippen molar-refractivity contribution in [1.29, 1.82) is 0 Å². The van der Waals surface area contributed by atoms with Crippen molar-refractivity contribution in [2.24, 2.45) is 4.99 Å². The molecule has 0 bridgehead atoms. The molecule has 0 spiro atoms. The van der Waals surface area contributed by atoms with E-state index in [9.17, 15) is 4.79 Å². The first kappa shape index (κ1) is 17.0. The average Bonchev–Trinajstić information content (AvgIpc) is 2.66. The fourth-order valence-electron chi connectivity index (χ4n) is 2.96. The summed E-state index contributed by atoms with van der Waals surface area (Å²) in [6.45, 7) is 1.20. The first-order chi connectivity index (χ1) is 12.2. The van der Waals surface area contributed by atoms with Crippen LogP contribution in [0.5, 0.6) is 11.5 Å². The minimum Gasteiger partial charge on any atom is -0.493 e. The third-order valence-electron chi connectivity index (χ3n) is 4.26. The molecule has 1 heterocycles. The van der Waals surface area contributed by atoms with Crippen LogP contribution in [0.1, 0.15) is 23.1 Å². The first-order valence-corrected chi connectivity index (χ1v) is 8.30. The van der Waals surface area contributed by atoms with Gasteiger partial charge in [0.05, 0.1) is 26.4 Å². The lowest BCUT2D eigenvalue weighted by atomic mass is 9.95. The summed E-state index contributed by atoms with van der Waals surface area (Å²) in [6.07, 6.45) is 1.10. The zero-order valence-electron chi connectivity index (χ0n) is 14.5. The predicted molar refractivity (Wildman–Crippen MR) is 97.6 cm³/mol. The standard InChI is InChI=1S/C20H22N2O3/c1-24-18-10-15-8-9-21-17(16(15)11-19(18)25-2)12-20(23)22-13-14-6-4-3-5-7-14/h3-7,10-11H,8-9,12-13H2,1-2H3,(H,22,23). The molecule has 0 radical (unpaired) electrons. The topological polar surface area (TPSA) is 59.9 Å². The van der Waals surface area contributed by atoms with Crippen LogP contribution >= 0.6 is 0 Å². The van der Waals surface area contributed by atoms with Crippen molar-refractivity contribution in [2.75, 3.05) is 20.8 Å². The van der Waals surface area contributed by atoms with Crippen LogP contribution in [0.3, 0.4) is 0 Å². The molecule has 2 aromatic carbocycles. The number of rotatable bonds is 6. The van der Waals surface area contributed by atoms with Crippen LogP contribution in [0, 0.1) is 0 Å². The van der Waals surface area contributed by atoms with E-state index in [1.165, 1.54) is 0 Å². The molecule has 25 heavy (non-hydrogen) atoms. The Balaban J connectivity index is 1.71. The van der Waals surface area contributed by atoms with Crippen LogP contribution in [-0.2, 0) is 17.8 Å². The number of methoxy groups -OCH3 is 2. The molecule has 0 saturated heterocycles. The summed E-state index contributed by atoms with van der Waals surface area (Å²) in [7, 11) is 3.23. The van der Waals surface area contributed by atoms with Gasteiger partial charge in [-0.2, -0.15) is 0 Å². The van der Waals surface area contributed by atoms with Crippen molar-refractivity contribution in [1.82, 2.24) is 5.32 Å². The molecule has 1 N–H and O–H groups in total. The van der Waals surface area contributed by atoms with E-state index in [4.69, 9.17) is 9.47 Å². The van der Waals surface area contributed by atoms with Crippen molar-refractivity contribution >= 4 is 11.6 Å². The second-order valence-corrected chi connectivity index (χ2v) is 5.88. The van der Waals surface area contributed by atoms with E-state index < -0.39 is 0 Å². The molecule has 0 saturated carbocycles. The van der Waals surface area contributed by atoms with Crippen LogP contribution < -0.4 is 14.8 Å². The lowest BCUT2D eigenvalue weighted by molar-refractivity contribution is -0.120. The number of nitrogens with one attached hydrogen (secondary N) is 1. The van der Waals surface area contributed by atoms with Crippen LogP contribution in [0.2, 0.25) is 0 Å². The van der Waals surface area contributed by atoms with Gasteiger partial charge in [-0.15, -0.1) is 0 Å². The summed E-state index contributed by atoms with van der Waals surface area (Å²) >= 11 is 0. The van der Waals surface area contributed by atoms with E-state index in [-0.39, 0.29) is 12.3 Å². The number of hydrogen-bond acceptors (Lipinski definition) is 4. The molecule has 3 rings (SSSR count). The van der Waals surface area contributed by atoms with Gasteiger partial charge in [-0.1, -0.05) is 30.3 Å². The molecular weight excluding hydrogens is 316 g/mol. The molecular formula is C20H22N2O3. The van der Waals surface area contributed by atoms with Gasteiger partial charge in [-0.3, -0.25) is 9.79 Å². The summed E-state index contributed by atoms with van der Waals surface area (Å²) in [5.41, 5.74) is 3.98. The molecule has 1 aliphatic rings. The Hall–Kier alpha value is -2.82. The van der Waals surface area contributed by atoms with Gasteiger partial charge in [0.15, 0.2) is 11.5 Å². The normalized spacial score (nSPS) is 12.8. The van der Waals surface area contributed by atoms with E-state index in [0.29, 0.717) is 24.6 Å². The number of amides is 1. The number of aliphatic imine (C=N–C) groups is 1. The van der Waals surface area contributed by atoms with Gasteiger partial charge < -0.3 is 14.8 Å². The Bertz CT molecular complexity index is 785. The summed E-state index contributed by atoms with van der Waals surface area (Å²) < 4.78 is 10.7.